The number of para-hydroxylation sites is 2. The quantitative estimate of drug-likeness (QED) is 0.163. The average Bonchev–Trinajstić information content (AvgIpc) is 3.90. The summed E-state index contributed by atoms with van der Waals surface area (Å²) in [5.74, 6) is 0. The molecule has 0 fully saturated rings. The lowest BCUT2D eigenvalue weighted by Gasteiger charge is -2.21. The summed E-state index contributed by atoms with van der Waals surface area (Å²) in [6, 6.07) is 58.1. The second-order valence-electron chi connectivity index (χ2n) is 17.3. The highest BCUT2D eigenvalue weighted by Gasteiger charge is 2.37. The van der Waals surface area contributed by atoms with Crippen LogP contribution in [0.15, 0.2) is 176 Å². The van der Waals surface area contributed by atoms with E-state index in [0.717, 1.165) is 49.6 Å². The van der Waals surface area contributed by atoms with Crippen LogP contribution in [0.1, 0.15) is 36.1 Å². The maximum Gasteiger partial charge on any atom is 0.263 e. The van der Waals surface area contributed by atoms with Gasteiger partial charge in [-0.3, -0.25) is 9.20 Å². The molecule has 0 amide bonds. The Bertz CT molecular complexity index is 4000. The molecular formula is C58H38N2O. The van der Waals surface area contributed by atoms with Crippen molar-refractivity contribution >= 4 is 93.5 Å². The van der Waals surface area contributed by atoms with Crippen LogP contribution in [0.4, 0.5) is 0 Å². The van der Waals surface area contributed by atoms with Crippen molar-refractivity contribution in [2.45, 2.75) is 19.3 Å². The fourth-order valence-electron chi connectivity index (χ4n) is 11.3. The third kappa shape index (κ3) is 4.30. The summed E-state index contributed by atoms with van der Waals surface area (Å²) in [6.45, 7) is 12.7. The van der Waals surface area contributed by atoms with Crippen molar-refractivity contribution in [3.05, 3.63) is 203 Å². The summed E-state index contributed by atoms with van der Waals surface area (Å²) >= 11 is 0. The van der Waals surface area contributed by atoms with Crippen LogP contribution in [-0.4, -0.2) is 8.97 Å². The van der Waals surface area contributed by atoms with Gasteiger partial charge in [-0.05, 0) is 114 Å². The SMILES string of the molecule is C=Cc1c(C=C)c2cccc3c4cc(-c5ccc6c7ccc(-n8c9ccccc9c9c%10c(ccc98)C(C)(C)c8ccccc8-%10)cc7c7ccccc7c6c5)ccc4n(c1=O)c23. The van der Waals surface area contributed by atoms with Crippen molar-refractivity contribution in [1.29, 1.82) is 0 Å². The fraction of sp³-hybridized carbons (Fsp3) is 0.0517. The molecule has 0 unspecified atom stereocenters. The van der Waals surface area contributed by atoms with E-state index in [-0.39, 0.29) is 11.0 Å². The predicted octanol–water partition coefficient (Wildman–Crippen LogP) is 14.9. The molecule has 0 N–H and O–H groups in total. The second kappa shape index (κ2) is 11.9. The van der Waals surface area contributed by atoms with E-state index >= 15 is 0 Å². The largest absolute Gasteiger partial charge is 0.309 e. The van der Waals surface area contributed by atoms with Gasteiger partial charge in [0.1, 0.15) is 0 Å². The molecule has 61 heavy (non-hydrogen) atoms. The van der Waals surface area contributed by atoms with Crippen molar-refractivity contribution < 1.29 is 0 Å². The van der Waals surface area contributed by atoms with E-state index in [0.29, 0.717) is 5.56 Å². The van der Waals surface area contributed by atoms with Crippen LogP contribution in [0.3, 0.4) is 0 Å². The zero-order chi connectivity index (χ0) is 40.9. The summed E-state index contributed by atoms with van der Waals surface area (Å²) in [7, 11) is 0. The number of hydrogen-bond acceptors (Lipinski definition) is 1. The Kier molecular flexibility index (Phi) is 6.68. The minimum Gasteiger partial charge on any atom is -0.309 e. The minimum absolute atomic E-state index is 0.0694. The van der Waals surface area contributed by atoms with Gasteiger partial charge in [0.05, 0.1) is 22.1 Å². The molecule has 3 heteroatoms. The molecule has 0 radical (unpaired) electrons. The fourth-order valence-corrected chi connectivity index (χ4v) is 11.3. The predicted molar refractivity (Wildman–Crippen MR) is 260 cm³/mol. The van der Waals surface area contributed by atoms with Gasteiger partial charge in [0.25, 0.3) is 5.56 Å². The van der Waals surface area contributed by atoms with Gasteiger partial charge in [0.15, 0.2) is 0 Å². The molecule has 0 saturated heterocycles. The van der Waals surface area contributed by atoms with E-state index in [1.54, 1.807) is 12.2 Å². The third-order valence-electron chi connectivity index (χ3n) is 14.0. The maximum absolute atomic E-state index is 13.9. The molecule has 1 aliphatic carbocycles. The van der Waals surface area contributed by atoms with Gasteiger partial charge in [0.2, 0.25) is 0 Å². The van der Waals surface area contributed by atoms with Crippen LogP contribution < -0.4 is 5.56 Å². The van der Waals surface area contributed by atoms with Crippen molar-refractivity contribution in [3.8, 4) is 27.9 Å². The monoisotopic (exact) mass is 778 g/mol. The van der Waals surface area contributed by atoms with Crippen LogP contribution in [0.2, 0.25) is 0 Å². The van der Waals surface area contributed by atoms with Gasteiger partial charge in [-0.1, -0.05) is 154 Å². The van der Waals surface area contributed by atoms with Gasteiger partial charge >= 0.3 is 0 Å². The van der Waals surface area contributed by atoms with Crippen LogP contribution in [0.5, 0.6) is 0 Å². The van der Waals surface area contributed by atoms with E-state index in [9.17, 15) is 4.79 Å². The van der Waals surface area contributed by atoms with Crippen molar-refractivity contribution in [1.82, 2.24) is 8.97 Å². The van der Waals surface area contributed by atoms with Crippen LogP contribution in [0.25, 0.3) is 121 Å². The van der Waals surface area contributed by atoms with Gasteiger partial charge in [-0.25, -0.2) is 0 Å². The number of nitrogens with zero attached hydrogens (tertiary/aromatic N) is 2. The zero-order valence-corrected chi connectivity index (χ0v) is 33.9. The highest BCUT2D eigenvalue weighted by atomic mass is 16.1. The number of aromatic nitrogens is 2. The molecule has 0 atom stereocenters. The minimum atomic E-state index is -0.0698. The Morgan fingerprint density at radius 1 is 0.475 bits per heavy atom. The molecule has 286 valence electrons. The first-order chi connectivity index (χ1) is 29.9. The van der Waals surface area contributed by atoms with Gasteiger partial charge < -0.3 is 4.57 Å². The first-order valence-corrected chi connectivity index (χ1v) is 21.0. The van der Waals surface area contributed by atoms with Crippen molar-refractivity contribution in [2.24, 2.45) is 0 Å². The summed E-state index contributed by atoms with van der Waals surface area (Å²) in [4.78, 5) is 13.9. The molecule has 13 rings (SSSR count). The maximum atomic E-state index is 13.9. The lowest BCUT2D eigenvalue weighted by molar-refractivity contribution is 0.661. The van der Waals surface area contributed by atoms with Crippen molar-refractivity contribution in [2.75, 3.05) is 0 Å². The van der Waals surface area contributed by atoms with Crippen LogP contribution in [-0.2, 0) is 5.41 Å². The van der Waals surface area contributed by atoms with Gasteiger partial charge in [-0.2, -0.15) is 0 Å². The standard InChI is InChI=1S/C58H38N2O/c1-5-36-37(6-2)57(61)60-52-28-23-34(31-48(52)43-19-13-18-42(36)56(43)60)33-22-25-40-41-26-24-35(32-47(41)39-15-8-7-14-38(39)46(40)30-33)59-51-21-12-10-17-45(51)55-53(59)29-27-50-54(55)44-16-9-11-20-49(44)58(50,3)4/h5-32H,1-2H2,3-4H3. The molecule has 12 aromatic rings. The Labute approximate surface area is 351 Å². The van der Waals surface area contributed by atoms with E-state index < -0.39 is 0 Å². The molecule has 3 heterocycles. The average molecular weight is 779 g/mol. The van der Waals surface area contributed by atoms with E-state index in [1.807, 2.05) is 4.40 Å². The Balaban J connectivity index is 1.02. The molecular weight excluding hydrogens is 741 g/mol. The summed E-state index contributed by atoms with van der Waals surface area (Å²) in [5, 5.41) is 13.1. The summed E-state index contributed by atoms with van der Waals surface area (Å²) in [6.07, 6.45) is 3.43. The Morgan fingerprint density at radius 2 is 1.08 bits per heavy atom. The summed E-state index contributed by atoms with van der Waals surface area (Å²) < 4.78 is 4.32. The molecule has 3 nitrogen and oxygen atoms in total. The molecule has 9 aromatic carbocycles. The number of rotatable bonds is 4. The number of hydrogen-bond donors (Lipinski definition) is 0. The van der Waals surface area contributed by atoms with E-state index in [1.165, 1.54) is 76.4 Å². The highest BCUT2D eigenvalue weighted by Crippen LogP contribution is 2.53. The van der Waals surface area contributed by atoms with Crippen LogP contribution in [0, 0.1) is 0 Å². The molecule has 1 aliphatic rings. The van der Waals surface area contributed by atoms with Crippen molar-refractivity contribution in [3.63, 3.8) is 0 Å². The highest BCUT2D eigenvalue weighted by molar-refractivity contribution is 6.27. The van der Waals surface area contributed by atoms with E-state index in [2.05, 4.69) is 189 Å². The topological polar surface area (TPSA) is 26.4 Å². The Morgan fingerprint density at radius 3 is 1.87 bits per heavy atom. The number of fused-ring (bicyclic) bond motifs is 16. The molecule has 0 bridgehead atoms. The molecule has 0 spiro atoms. The van der Waals surface area contributed by atoms with Gasteiger partial charge in [-0.15, -0.1) is 0 Å². The second-order valence-corrected chi connectivity index (χ2v) is 17.3. The summed E-state index contributed by atoms with van der Waals surface area (Å²) in [5.41, 5.74) is 14.4. The zero-order valence-electron chi connectivity index (χ0n) is 33.9. The third-order valence-corrected chi connectivity index (χ3v) is 14.0. The smallest absolute Gasteiger partial charge is 0.263 e. The lowest BCUT2D eigenvalue weighted by atomic mass is 9.82. The lowest BCUT2D eigenvalue weighted by Crippen LogP contribution is -2.17. The van der Waals surface area contributed by atoms with Gasteiger partial charge in [0, 0.05) is 43.6 Å². The normalized spacial score (nSPS) is 13.4. The molecule has 0 aliphatic heterocycles. The molecule has 0 saturated carbocycles. The number of benzene rings is 9. The van der Waals surface area contributed by atoms with E-state index in [4.69, 9.17) is 0 Å². The molecule has 3 aromatic heterocycles. The number of pyridine rings is 1. The first kappa shape index (κ1) is 34.1. The van der Waals surface area contributed by atoms with Crippen LogP contribution >= 0.6 is 0 Å². The Hall–Kier alpha value is -7.75. The first-order valence-electron chi connectivity index (χ1n) is 21.0.